The third kappa shape index (κ3) is 3.72. The fourth-order valence-electron chi connectivity index (χ4n) is 3.01. The predicted molar refractivity (Wildman–Crippen MR) is 100 cm³/mol. The van der Waals surface area contributed by atoms with Gasteiger partial charge in [-0.15, -0.1) is 11.3 Å². The summed E-state index contributed by atoms with van der Waals surface area (Å²) in [4.78, 5) is 34.3. The van der Waals surface area contributed by atoms with Crippen LogP contribution in [0, 0.1) is 13.8 Å². The number of carbonyl (C=O) groups excluding carboxylic acids is 2. The molecule has 3 rings (SSSR count). The maximum atomic E-state index is 12.8. The van der Waals surface area contributed by atoms with Crippen molar-refractivity contribution in [1.82, 2.24) is 14.8 Å². The maximum absolute atomic E-state index is 12.8. The number of hydrogen-bond acceptors (Lipinski definition) is 5. The lowest BCUT2D eigenvalue weighted by Crippen LogP contribution is -2.57. The van der Waals surface area contributed by atoms with Gasteiger partial charge in [0.15, 0.2) is 0 Å². The Morgan fingerprint density at radius 3 is 2.46 bits per heavy atom. The lowest BCUT2D eigenvalue weighted by atomic mass is 10.1. The van der Waals surface area contributed by atoms with Gasteiger partial charge in [0.2, 0.25) is 11.8 Å². The molecule has 0 aliphatic carbocycles. The van der Waals surface area contributed by atoms with Crippen molar-refractivity contribution in [3.63, 3.8) is 0 Å². The van der Waals surface area contributed by atoms with Gasteiger partial charge in [-0.2, -0.15) is 0 Å². The number of benzene rings is 1. The largest absolute Gasteiger partial charge is 0.497 e. The van der Waals surface area contributed by atoms with Gasteiger partial charge in [0.05, 0.1) is 19.3 Å². The third-order valence-corrected chi connectivity index (χ3v) is 5.75. The molecule has 7 heteroatoms. The van der Waals surface area contributed by atoms with Gasteiger partial charge in [0, 0.05) is 11.4 Å². The molecular formula is C19H23N3O3S. The Kier molecular flexibility index (Phi) is 5.27. The van der Waals surface area contributed by atoms with E-state index >= 15 is 0 Å². The van der Waals surface area contributed by atoms with Crippen LogP contribution in [0.2, 0.25) is 0 Å². The number of rotatable bonds is 5. The molecular weight excluding hydrogens is 350 g/mol. The Morgan fingerprint density at radius 1 is 1.19 bits per heavy atom. The van der Waals surface area contributed by atoms with Crippen LogP contribution >= 0.6 is 11.3 Å². The van der Waals surface area contributed by atoms with Crippen molar-refractivity contribution in [2.75, 3.05) is 13.7 Å². The molecule has 1 aliphatic rings. The van der Waals surface area contributed by atoms with Gasteiger partial charge in [-0.25, -0.2) is 4.98 Å². The van der Waals surface area contributed by atoms with E-state index in [1.54, 1.807) is 35.2 Å². The zero-order valence-electron chi connectivity index (χ0n) is 15.5. The van der Waals surface area contributed by atoms with Crippen molar-refractivity contribution in [3.8, 4) is 5.75 Å². The molecule has 6 nitrogen and oxygen atoms in total. The summed E-state index contributed by atoms with van der Waals surface area (Å²) in [6.45, 7) is 6.66. The van der Waals surface area contributed by atoms with Crippen LogP contribution in [0.5, 0.6) is 5.75 Å². The van der Waals surface area contributed by atoms with Crippen molar-refractivity contribution in [2.45, 2.75) is 39.9 Å². The lowest BCUT2D eigenvalue weighted by Gasteiger charge is -2.38. The zero-order valence-corrected chi connectivity index (χ0v) is 16.3. The molecule has 1 fully saturated rings. The van der Waals surface area contributed by atoms with Crippen LogP contribution in [-0.4, -0.2) is 46.3 Å². The van der Waals surface area contributed by atoms with E-state index in [0.29, 0.717) is 13.1 Å². The van der Waals surface area contributed by atoms with Crippen LogP contribution in [0.3, 0.4) is 0 Å². The monoisotopic (exact) mass is 373 g/mol. The van der Waals surface area contributed by atoms with E-state index in [1.807, 2.05) is 38.1 Å². The first-order valence-electron chi connectivity index (χ1n) is 8.53. The average Bonchev–Trinajstić information content (AvgIpc) is 2.94. The fourth-order valence-corrected chi connectivity index (χ4v) is 3.94. The number of aryl methyl sites for hydroxylation is 2. The third-order valence-electron chi connectivity index (χ3n) is 4.69. The normalized spacial score (nSPS) is 17.8. The minimum atomic E-state index is -0.487. The fraction of sp³-hybridized carbons (Fsp3) is 0.421. The van der Waals surface area contributed by atoms with Crippen LogP contribution in [0.4, 0.5) is 0 Å². The molecule has 1 aliphatic heterocycles. The second-order valence-electron chi connectivity index (χ2n) is 6.49. The van der Waals surface area contributed by atoms with Gasteiger partial charge in [-0.05, 0) is 38.5 Å². The molecule has 1 atom stereocenters. The summed E-state index contributed by atoms with van der Waals surface area (Å²) in [7, 11) is 1.61. The van der Waals surface area contributed by atoms with E-state index in [2.05, 4.69) is 4.98 Å². The number of nitrogens with zero attached hydrogens (tertiary/aromatic N) is 3. The van der Waals surface area contributed by atoms with Crippen LogP contribution in [-0.2, 0) is 22.7 Å². The molecule has 1 aromatic carbocycles. The van der Waals surface area contributed by atoms with Crippen molar-refractivity contribution >= 4 is 23.2 Å². The summed E-state index contributed by atoms with van der Waals surface area (Å²) in [5.41, 5.74) is 1.95. The molecule has 0 spiro atoms. The summed E-state index contributed by atoms with van der Waals surface area (Å²) >= 11 is 1.58. The second kappa shape index (κ2) is 7.45. The minimum Gasteiger partial charge on any atom is -0.497 e. The number of carbonyl (C=O) groups is 2. The highest BCUT2D eigenvalue weighted by atomic mass is 32.1. The number of amides is 2. The Bertz CT molecular complexity index is 796. The molecule has 2 aromatic rings. The standard InChI is InChI=1S/C19H23N3O3S/c1-12-14(3)26-17(20-12)10-22-13(2)19(24)21(11-18(22)23)9-15-5-7-16(25-4)8-6-15/h5-8,13H,9-11H2,1-4H3/t13-/m0/s1. The van der Waals surface area contributed by atoms with Gasteiger partial charge in [-0.3, -0.25) is 9.59 Å². The van der Waals surface area contributed by atoms with Gasteiger partial charge in [0.25, 0.3) is 0 Å². The molecule has 0 radical (unpaired) electrons. The van der Waals surface area contributed by atoms with E-state index in [0.717, 1.165) is 26.9 Å². The Balaban J connectivity index is 1.69. The zero-order chi connectivity index (χ0) is 18.8. The number of aromatic nitrogens is 1. The molecule has 1 aromatic heterocycles. The molecule has 0 N–H and O–H groups in total. The molecule has 138 valence electrons. The first kappa shape index (κ1) is 18.4. The number of hydrogen-bond donors (Lipinski definition) is 0. The van der Waals surface area contributed by atoms with E-state index in [1.165, 1.54) is 0 Å². The van der Waals surface area contributed by atoms with E-state index in [-0.39, 0.29) is 18.4 Å². The summed E-state index contributed by atoms with van der Waals surface area (Å²) in [6, 6.07) is 7.05. The van der Waals surface area contributed by atoms with Gasteiger partial charge in [0.1, 0.15) is 23.3 Å². The van der Waals surface area contributed by atoms with Crippen LogP contribution in [0.15, 0.2) is 24.3 Å². The number of methoxy groups -OCH3 is 1. The number of ether oxygens (including phenoxy) is 1. The first-order valence-corrected chi connectivity index (χ1v) is 9.34. The van der Waals surface area contributed by atoms with E-state index in [4.69, 9.17) is 4.74 Å². The van der Waals surface area contributed by atoms with Crippen molar-refractivity contribution in [1.29, 1.82) is 0 Å². The summed E-state index contributed by atoms with van der Waals surface area (Å²) in [6.07, 6.45) is 0. The minimum absolute atomic E-state index is 0.0366. The summed E-state index contributed by atoms with van der Waals surface area (Å²) < 4.78 is 5.15. The van der Waals surface area contributed by atoms with Crippen molar-refractivity contribution in [3.05, 3.63) is 45.4 Å². The highest BCUT2D eigenvalue weighted by Crippen LogP contribution is 2.23. The SMILES string of the molecule is COc1ccc(CN2CC(=O)N(Cc3nc(C)c(C)s3)[C@@H](C)C2=O)cc1. The Labute approximate surface area is 157 Å². The smallest absolute Gasteiger partial charge is 0.245 e. The molecule has 2 heterocycles. The quantitative estimate of drug-likeness (QED) is 0.808. The van der Waals surface area contributed by atoms with E-state index in [9.17, 15) is 9.59 Å². The van der Waals surface area contributed by atoms with Gasteiger partial charge >= 0.3 is 0 Å². The second-order valence-corrected chi connectivity index (χ2v) is 7.78. The van der Waals surface area contributed by atoms with Crippen LogP contribution < -0.4 is 4.74 Å². The van der Waals surface area contributed by atoms with Crippen LogP contribution in [0.25, 0.3) is 0 Å². The van der Waals surface area contributed by atoms with Crippen molar-refractivity contribution < 1.29 is 14.3 Å². The predicted octanol–water partition coefficient (Wildman–Crippen LogP) is 2.53. The Morgan fingerprint density at radius 2 is 1.88 bits per heavy atom. The Hall–Kier alpha value is -2.41. The molecule has 2 amide bonds. The number of thiazole rings is 1. The first-order chi connectivity index (χ1) is 12.4. The molecule has 0 bridgehead atoms. The lowest BCUT2D eigenvalue weighted by molar-refractivity contribution is -0.156. The molecule has 0 unspecified atom stereocenters. The highest BCUT2D eigenvalue weighted by Gasteiger charge is 2.36. The highest BCUT2D eigenvalue weighted by molar-refractivity contribution is 7.11. The molecule has 26 heavy (non-hydrogen) atoms. The van der Waals surface area contributed by atoms with Crippen LogP contribution in [0.1, 0.15) is 28.1 Å². The summed E-state index contributed by atoms with van der Waals surface area (Å²) in [5.74, 6) is 0.685. The molecule has 0 saturated carbocycles. The maximum Gasteiger partial charge on any atom is 0.245 e. The van der Waals surface area contributed by atoms with Crippen molar-refractivity contribution in [2.24, 2.45) is 0 Å². The molecule has 1 saturated heterocycles. The van der Waals surface area contributed by atoms with E-state index < -0.39 is 6.04 Å². The average molecular weight is 373 g/mol. The van der Waals surface area contributed by atoms with Gasteiger partial charge < -0.3 is 14.5 Å². The number of piperazine rings is 1. The topological polar surface area (TPSA) is 62.7 Å². The summed E-state index contributed by atoms with van der Waals surface area (Å²) in [5, 5.41) is 0.872. The van der Waals surface area contributed by atoms with Gasteiger partial charge in [-0.1, -0.05) is 12.1 Å².